The van der Waals surface area contributed by atoms with E-state index in [0.29, 0.717) is 0 Å². The van der Waals surface area contributed by atoms with Gasteiger partial charge >= 0.3 is 12.4 Å². The number of nitrogens with one attached hydrogen (secondary N) is 2. The van der Waals surface area contributed by atoms with Crippen LogP contribution in [0.25, 0.3) is 0 Å². The minimum Gasteiger partial charge on any atom is -0.362 e. The molecule has 0 saturated carbocycles. The van der Waals surface area contributed by atoms with Crippen molar-refractivity contribution in [3.05, 3.63) is 73.1 Å². The van der Waals surface area contributed by atoms with Crippen LogP contribution < -0.4 is 10.6 Å². The van der Waals surface area contributed by atoms with Crippen LogP contribution in [0.5, 0.6) is 0 Å². The predicted molar refractivity (Wildman–Crippen MR) is 106 cm³/mol. The lowest BCUT2D eigenvalue weighted by Crippen LogP contribution is -2.20. The SMILES string of the molecule is O=C(/C=C/Nc1ccc(S(=O)(=O)c2ccc(N/C=C/C(=O)C(F)(F)F)cc2)cc1)C(F)(F)F. The lowest BCUT2D eigenvalue weighted by Gasteiger charge is -2.08. The summed E-state index contributed by atoms with van der Waals surface area (Å²) in [7, 11) is -3.98. The highest BCUT2D eigenvalue weighted by Gasteiger charge is 2.36. The molecule has 13 heteroatoms. The van der Waals surface area contributed by atoms with Gasteiger partial charge in [0.15, 0.2) is 0 Å². The lowest BCUT2D eigenvalue weighted by molar-refractivity contribution is -0.165. The fourth-order valence-electron chi connectivity index (χ4n) is 2.21. The molecule has 2 aromatic rings. The Morgan fingerprint density at radius 2 is 0.939 bits per heavy atom. The molecular weight excluding hydrogens is 478 g/mol. The van der Waals surface area contributed by atoms with Gasteiger partial charge in [0, 0.05) is 35.9 Å². The Morgan fingerprint density at radius 1 is 0.636 bits per heavy atom. The summed E-state index contributed by atoms with van der Waals surface area (Å²) in [5.74, 6) is -4.12. The van der Waals surface area contributed by atoms with E-state index in [2.05, 4.69) is 10.6 Å². The van der Waals surface area contributed by atoms with Crippen molar-refractivity contribution in [2.24, 2.45) is 0 Å². The van der Waals surface area contributed by atoms with Crippen LogP contribution in [0.3, 0.4) is 0 Å². The Labute approximate surface area is 183 Å². The smallest absolute Gasteiger partial charge is 0.362 e. The van der Waals surface area contributed by atoms with Crippen molar-refractivity contribution in [1.82, 2.24) is 0 Å². The van der Waals surface area contributed by atoms with Gasteiger partial charge in [-0.2, -0.15) is 26.3 Å². The summed E-state index contributed by atoms with van der Waals surface area (Å²) in [6, 6.07) is 9.84. The number of sulfone groups is 1. The third-order valence-corrected chi connectivity index (χ3v) is 5.64. The van der Waals surface area contributed by atoms with Crippen LogP contribution in [0.1, 0.15) is 0 Å². The average molecular weight is 492 g/mol. The quantitative estimate of drug-likeness (QED) is 0.412. The van der Waals surface area contributed by atoms with Crippen molar-refractivity contribution in [3.8, 4) is 0 Å². The van der Waals surface area contributed by atoms with E-state index >= 15 is 0 Å². The minimum absolute atomic E-state index is 0.139. The Balaban J connectivity index is 2.06. The second kappa shape index (κ2) is 9.90. The molecule has 2 rings (SSSR count). The summed E-state index contributed by atoms with van der Waals surface area (Å²) in [6.07, 6.45) is -7.90. The van der Waals surface area contributed by atoms with Crippen LogP contribution in [0.15, 0.2) is 82.9 Å². The van der Waals surface area contributed by atoms with Crippen LogP contribution in [0, 0.1) is 0 Å². The third-order valence-electron chi connectivity index (χ3n) is 3.86. The topological polar surface area (TPSA) is 92.3 Å². The number of rotatable bonds is 8. The maximum Gasteiger partial charge on any atom is 0.454 e. The molecule has 0 fully saturated rings. The highest BCUT2D eigenvalue weighted by atomic mass is 32.2. The van der Waals surface area contributed by atoms with Gasteiger partial charge in [-0.25, -0.2) is 8.42 Å². The second-order valence-electron chi connectivity index (χ2n) is 6.23. The number of carbonyl (C=O) groups is 2. The van der Waals surface area contributed by atoms with E-state index in [-0.39, 0.29) is 33.3 Å². The number of benzene rings is 2. The van der Waals surface area contributed by atoms with Crippen molar-refractivity contribution in [2.45, 2.75) is 22.1 Å². The van der Waals surface area contributed by atoms with Gasteiger partial charge in [0.2, 0.25) is 9.84 Å². The van der Waals surface area contributed by atoms with Gasteiger partial charge in [-0.3, -0.25) is 9.59 Å². The number of carbonyl (C=O) groups excluding carboxylic acids is 2. The highest BCUT2D eigenvalue weighted by Crippen LogP contribution is 2.24. The number of ketones is 2. The number of anilines is 2. The molecule has 0 heterocycles. The first kappa shape index (κ1) is 25.6. The first-order valence-electron chi connectivity index (χ1n) is 8.75. The van der Waals surface area contributed by atoms with Crippen molar-refractivity contribution < 1.29 is 44.3 Å². The van der Waals surface area contributed by atoms with Crippen molar-refractivity contribution in [2.75, 3.05) is 10.6 Å². The summed E-state index contributed by atoms with van der Waals surface area (Å²) in [4.78, 5) is 21.2. The third kappa shape index (κ3) is 7.20. The average Bonchev–Trinajstić information content (AvgIpc) is 2.73. The van der Waals surface area contributed by atoms with Crippen molar-refractivity contribution >= 4 is 32.8 Å². The summed E-state index contributed by atoms with van der Waals surface area (Å²) < 4.78 is 98.1. The molecule has 0 unspecified atom stereocenters. The molecule has 0 aliphatic rings. The van der Waals surface area contributed by atoms with E-state index in [9.17, 15) is 44.3 Å². The van der Waals surface area contributed by atoms with Gasteiger partial charge in [-0.05, 0) is 48.5 Å². The molecule has 0 aromatic heterocycles. The summed E-state index contributed by atoms with van der Waals surface area (Å²) >= 11 is 0. The van der Waals surface area contributed by atoms with Crippen LogP contribution in [-0.2, 0) is 19.4 Å². The maximum absolute atomic E-state index is 12.7. The summed E-state index contributed by atoms with van der Waals surface area (Å²) in [6.45, 7) is 0. The van der Waals surface area contributed by atoms with Gasteiger partial charge in [0.05, 0.1) is 9.79 Å². The number of halogens is 6. The van der Waals surface area contributed by atoms with Gasteiger partial charge in [-0.15, -0.1) is 0 Å². The molecule has 0 atom stereocenters. The zero-order chi connectivity index (χ0) is 24.9. The minimum atomic E-state index is -5.00. The van der Waals surface area contributed by atoms with E-state index in [4.69, 9.17) is 0 Å². The summed E-state index contributed by atoms with van der Waals surface area (Å²) in [5, 5.41) is 4.81. The predicted octanol–water partition coefficient (Wildman–Crippen LogP) is 4.63. The lowest BCUT2D eigenvalue weighted by atomic mass is 10.3. The van der Waals surface area contributed by atoms with Crippen LogP contribution in [-0.4, -0.2) is 32.3 Å². The first-order valence-corrected chi connectivity index (χ1v) is 10.2. The van der Waals surface area contributed by atoms with E-state index in [1.54, 1.807) is 0 Å². The molecule has 0 aliphatic heterocycles. The Bertz CT molecular complexity index is 1080. The number of alkyl halides is 6. The number of hydrogen-bond acceptors (Lipinski definition) is 6. The summed E-state index contributed by atoms with van der Waals surface area (Å²) in [5.41, 5.74) is 0.444. The van der Waals surface area contributed by atoms with E-state index < -0.39 is 33.8 Å². The van der Waals surface area contributed by atoms with Crippen LogP contribution in [0.4, 0.5) is 37.7 Å². The maximum atomic E-state index is 12.7. The zero-order valence-electron chi connectivity index (χ0n) is 16.2. The molecule has 176 valence electrons. The molecule has 2 aromatic carbocycles. The molecule has 0 amide bonds. The van der Waals surface area contributed by atoms with Gasteiger partial charge in [-0.1, -0.05) is 0 Å². The van der Waals surface area contributed by atoms with Crippen LogP contribution >= 0.6 is 0 Å². The monoisotopic (exact) mass is 492 g/mol. The molecule has 0 aliphatic carbocycles. The normalized spacial score (nSPS) is 12.8. The van der Waals surface area contributed by atoms with Gasteiger partial charge in [0.25, 0.3) is 11.6 Å². The highest BCUT2D eigenvalue weighted by molar-refractivity contribution is 7.91. The van der Waals surface area contributed by atoms with E-state index in [1.165, 1.54) is 48.5 Å². The molecule has 0 saturated heterocycles. The van der Waals surface area contributed by atoms with Crippen LogP contribution in [0.2, 0.25) is 0 Å². The molecule has 33 heavy (non-hydrogen) atoms. The van der Waals surface area contributed by atoms with E-state index in [1.807, 2.05) is 0 Å². The van der Waals surface area contributed by atoms with Gasteiger partial charge < -0.3 is 10.6 Å². The fraction of sp³-hybridized carbons (Fsp3) is 0.100. The molecule has 0 spiro atoms. The Morgan fingerprint density at radius 3 is 1.21 bits per heavy atom. The standard InChI is InChI=1S/C20H14F6N2O4S/c21-19(22,23)17(29)9-11-27-13-1-5-15(6-2-13)33(31,32)16-7-3-14(4-8-16)28-12-10-18(30)20(24,25)26/h1-12,27-28H/b11-9+,12-10+. The fourth-order valence-corrected chi connectivity index (χ4v) is 3.47. The first-order chi connectivity index (χ1) is 15.2. The number of allylic oxidation sites excluding steroid dienone is 2. The molecule has 2 N–H and O–H groups in total. The van der Waals surface area contributed by atoms with Crippen molar-refractivity contribution in [1.29, 1.82) is 0 Å². The second-order valence-corrected chi connectivity index (χ2v) is 8.18. The largest absolute Gasteiger partial charge is 0.454 e. The Kier molecular flexibility index (Phi) is 7.69. The Hall–Kier alpha value is -3.61. The molecule has 0 radical (unpaired) electrons. The molecular formula is C20H14F6N2O4S. The molecule has 0 bridgehead atoms. The zero-order valence-corrected chi connectivity index (χ0v) is 17.1. The van der Waals surface area contributed by atoms with E-state index in [0.717, 1.165) is 12.4 Å². The molecule has 6 nitrogen and oxygen atoms in total. The van der Waals surface area contributed by atoms with Crippen molar-refractivity contribution in [3.63, 3.8) is 0 Å². The van der Waals surface area contributed by atoms with Gasteiger partial charge in [0.1, 0.15) is 0 Å². The number of hydrogen-bond donors (Lipinski definition) is 2.